The van der Waals surface area contributed by atoms with Crippen molar-refractivity contribution in [2.75, 3.05) is 45.8 Å². The van der Waals surface area contributed by atoms with Crippen LogP contribution in [-0.2, 0) is 9.47 Å². The molecule has 0 aromatic carbocycles. The van der Waals surface area contributed by atoms with Crippen LogP contribution in [0.1, 0.15) is 136 Å². The summed E-state index contributed by atoms with van der Waals surface area (Å²) in [6, 6.07) is -0.133. The van der Waals surface area contributed by atoms with Crippen molar-refractivity contribution in [1.29, 1.82) is 0 Å². The van der Waals surface area contributed by atoms with Crippen LogP contribution in [0.2, 0.25) is 0 Å². The molecule has 1 heterocycles. The first kappa shape index (κ1) is 39.4. The van der Waals surface area contributed by atoms with Crippen LogP contribution in [0.3, 0.4) is 0 Å². The summed E-state index contributed by atoms with van der Waals surface area (Å²) in [5.74, 6) is 1.02. The standard InChI is InChI=1S/C34H66N4O4S/c1-5-6-7-8-9-10-11-12-13-14-15-16-17-18-19-20-23-36-33(39)38(31(2)3)28-32(42-34(40)35-4)29-41-26-22-21-24-37-25-27-43-30-37/h25,27,31-32H,5-24,26,28-30H2,1-4H3,(H,35,40)(H,36,39)/t32-/m0/s1. The molecule has 0 aliphatic carbocycles. The van der Waals surface area contributed by atoms with Gasteiger partial charge in [0.2, 0.25) is 0 Å². The van der Waals surface area contributed by atoms with Gasteiger partial charge >= 0.3 is 12.1 Å². The summed E-state index contributed by atoms with van der Waals surface area (Å²) >= 11 is 1.81. The van der Waals surface area contributed by atoms with Gasteiger partial charge in [0.1, 0.15) is 6.10 Å². The number of carbonyl (C=O) groups excluding carboxylic acids is 2. The second-order valence-electron chi connectivity index (χ2n) is 12.2. The molecule has 1 aliphatic heterocycles. The number of rotatable bonds is 28. The van der Waals surface area contributed by atoms with Gasteiger partial charge in [0.25, 0.3) is 0 Å². The lowest BCUT2D eigenvalue weighted by Crippen LogP contribution is -2.49. The highest BCUT2D eigenvalue weighted by Crippen LogP contribution is 2.16. The molecule has 1 atom stereocenters. The molecule has 0 bridgehead atoms. The first-order chi connectivity index (χ1) is 21.0. The van der Waals surface area contributed by atoms with E-state index in [0.717, 1.165) is 38.1 Å². The number of ether oxygens (including phenoxy) is 2. The van der Waals surface area contributed by atoms with E-state index in [2.05, 4.69) is 34.1 Å². The third-order valence-corrected chi connectivity index (χ3v) is 8.76. The summed E-state index contributed by atoms with van der Waals surface area (Å²) in [5.41, 5.74) is 0. The Morgan fingerprint density at radius 3 is 1.95 bits per heavy atom. The van der Waals surface area contributed by atoms with E-state index in [4.69, 9.17) is 9.47 Å². The Morgan fingerprint density at radius 1 is 0.860 bits per heavy atom. The molecule has 3 amide bonds. The highest BCUT2D eigenvalue weighted by atomic mass is 32.2. The molecule has 0 radical (unpaired) electrons. The molecular formula is C34H66N4O4S. The molecule has 1 rings (SSSR count). The van der Waals surface area contributed by atoms with Gasteiger partial charge < -0.3 is 29.9 Å². The molecule has 0 saturated heterocycles. The number of hydrogen-bond donors (Lipinski definition) is 2. The summed E-state index contributed by atoms with van der Waals surface area (Å²) < 4.78 is 11.4. The number of hydrogen-bond acceptors (Lipinski definition) is 6. The summed E-state index contributed by atoms with van der Waals surface area (Å²) in [5, 5.41) is 7.70. The number of carbonyl (C=O) groups is 2. The summed E-state index contributed by atoms with van der Waals surface area (Å²) in [6.45, 7) is 9.10. The first-order valence-electron chi connectivity index (χ1n) is 17.5. The third-order valence-electron chi connectivity index (χ3n) is 7.96. The van der Waals surface area contributed by atoms with Gasteiger partial charge in [0.05, 0.1) is 19.0 Å². The minimum absolute atomic E-state index is 0.0204. The van der Waals surface area contributed by atoms with Gasteiger partial charge in [-0.3, -0.25) is 0 Å². The smallest absolute Gasteiger partial charge is 0.407 e. The number of unbranched alkanes of at least 4 members (excludes halogenated alkanes) is 16. The van der Waals surface area contributed by atoms with Gasteiger partial charge in [0.15, 0.2) is 0 Å². The molecule has 8 nitrogen and oxygen atoms in total. The summed E-state index contributed by atoms with van der Waals surface area (Å²) in [4.78, 5) is 29.0. The first-order valence-corrected chi connectivity index (χ1v) is 18.6. The molecule has 9 heteroatoms. The van der Waals surface area contributed by atoms with E-state index in [9.17, 15) is 9.59 Å². The lowest BCUT2D eigenvalue weighted by molar-refractivity contribution is 0.00405. The van der Waals surface area contributed by atoms with Crippen LogP contribution in [0.15, 0.2) is 11.6 Å². The van der Waals surface area contributed by atoms with Gasteiger partial charge in [-0.1, -0.05) is 103 Å². The van der Waals surface area contributed by atoms with Gasteiger partial charge in [-0.2, -0.15) is 0 Å². The van der Waals surface area contributed by atoms with Crippen LogP contribution < -0.4 is 10.6 Å². The van der Waals surface area contributed by atoms with E-state index >= 15 is 0 Å². The Kier molecular flexibility index (Phi) is 25.6. The zero-order valence-electron chi connectivity index (χ0n) is 28.2. The third kappa shape index (κ3) is 22.5. The van der Waals surface area contributed by atoms with Gasteiger partial charge in [-0.15, -0.1) is 11.8 Å². The summed E-state index contributed by atoms with van der Waals surface area (Å²) in [6.07, 6.45) is 24.4. The van der Waals surface area contributed by atoms with Crippen LogP contribution in [0.25, 0.3) is 0 Å². The number of urea groups is 1. The van der Waals surface area contributed by atoms with Crippen molar-refractivity contribution in [3.05, 3.63) is 11.6 Å². The maximum atomic E-state index is 13.0. The van der Waals surface area contributed by atoms with Crippen molar-refractivity contribution in [1.82, 2.24) is 20.4 Å². The lowest BCUT2D eigenvalue weighted by atomic mass is 10.0. The van der Waals surface area contributed by atoms with Crippen molar-refractivity contribution in [3.8, 4) is 0 Å². The number of thioether (sulfide) groups is 1. The zero-order valence-corrected chi connectivity index (χ0v) is 29.0. The fraction of sp³-hybridized carbons (Fsp3) is 0.882. The molecule has 0 fully saturated rings. The van der Waals surface area contributed by atoms with E-state index in [1.807, 2.05) is 25.6 Å². The molecule has 252 valence electrons. The summed E-state index contributed by atoms with van der Waals surface area (Å²) in [7, 11) is 1.54. The highest BCUT2D eigenvalue weighted by molar-refractivity contribution is 8.02. The topological polar surface area (TPSA) is 83.1 Å². The number of amides is 3. The predicted octanol–water partition coefficient (Wildman–Crippen LogP) is 8.67. The minimum Gasteiger partial charge on any atom is -0.442 e. The molecule has 0 aromatic rings. The lowest BCUT2D eigenvalue weighted by Gasteiger charge is -2.30. The number of nitrogens with zero attached hydrogens (tertiary/aromatic N) is 2. The highest BCUT2D eigenvalue weighted by Gasteiger charge is 2.24. The molecule has 0 spiro atoms. The monoisotopic (exact) mass is 626 g/mol. The average molecular weight is 627 g/mol. The SMILES string of the molecule is CCCCCCCCCCCCCCCCCCNC(=O)N(C[C@@H](COCCCCN1C=CSC1)OC(=O)NC)C(C)C. The van der Waals surface area contributed by atoms with Gasteiger partial charge in [0, 0.05) is 39.0 Å². The Balaban J connectivity index is 2.14. The quantitative estimate of drug-likeness (QED) is 0.0846. The molecule has 0 saturated carbocycles. The van der Waals surface area contributed by atoms with E-state index in [-0.39, 0.29) is 18.7 Å². The van der Waals surface area contributed by atoms with E-state index in [0.29, 0.717) is 19.7 Å². The van der Waals surface area contributed by atoms with E-state index < -0.39 is 12.2 Å². The van der Waals surface area contributed by atoms with Gasteiger partial charge in [-0.05, 0) is 38.5 Å². The van der Waals surface area contributed by atoms with Crippen molar-refractivity contribution in [2.24, 2.45) is 0 Å². The molecule has 0 unspecified atom stereocenters. The van der Waals surface area contributed by atoms with Crippen molar-refractivity contribution < 1.29 is 19.1 Å². The Morgan fingerprint density at radius 2 is 1.44 bits per heavy atom. The zero-order chi connectivity index (χ0) is 31.4. The average Bonchev–Trinajstić information content (AvgIpc) is 3.52. The number of alkyl carbamates (subject to hydrolysis) is 1. The van der Waals surface area contributed by atoms with Crippen molar-refractivity contribution in [3.63, 3.8) is 0 Å². The van der Waals surface area contributed by atoms with Gasteiger partial charge in [-0.25, -0.2) is 9.59 Å². The maximum absolute atomic E-state index is 13.0. The minimum atomic E-state index is -0.526. The maximum Gasteiger partial charge on any atom is 0.407 e. The van der Waals surface area contributed by atoms with E-state index in [1.54, 1.807) is 4.90 Å². The fourth-order valence-electron chi connectivity index (χ4n) is 5.24. The second-order valence-corrected chi connectivity index (χ2v) is 13.1. The normalized spacial score (nSPS) is 13.5. The molecule has 43 heavy (non-hydrogen) atoms. The van der Waals surface area contributed by atoms with Crippen molar-refractivity contribution in [2.45, 2.75) is 148 Å². The largest absolute Gasteiger partial charge is 0.442 e. The molecule has 1 aliphatic rings. The molecular weight excluding hydrogens is 560 g/mol. The van der Waals surface area contributed by atoms with Crippen LogP contribution in [0.5, 0.6) is 0 Å². The Labute approximate surface area is 268 Å². The van der Waals surface area contributed by atoms with Crippen LogP contribution in [0.4, 0.5) is 9.59 Å². The molecule has 2 N–H and O–H groups in total. The second kappa shape index (κ2) is 27.9. The number of nitrogens with one attached hydrogen (secondary N) is 2. The van der Waals surface area contributed by atoms with Crippen molar-refractivity contribution >= 4 is 23.9 Å². The fourth-order valence-corrected chi connectivity index (χ4v) is 5.99. The Hall–Kier alpha value is -1.61. The van der Waals surface area contributed by atoms with E-state index in [1.165, 1.54) is 96.9 Å². The van der Waals surface area contributed by atoms with Crippen LogP contribution >= 0.6 is 11.8 Å². The van der Waals surface area contributed by atoms with Crippen LogP contribution in [0, 0.1) is 0 Å². The predicted molar refractivity (Wildman–Crippen MR) is 182 cm³/mol. The van der Waals surface area contributed by atoms with Crippen LogP contribution in [-0.4, -0.2) is 79.8 Å². The Bertz CT molecular complexity index is 710. The molecule has 0 aromatic heterocycles.